The highest BCUT2D eigenvalue weighted by Crippen LogP contribution is 2.08. The van der Waals surface area contributed by atoms with Crippen molar-refractivity contribution in [2.45, 2.75) is 13.5 Å². The molecule has 1 rings (SSSR count). The summed E-state index contributed by atoms with van der Waals surface area (Å²) < 4.78 is 0. The van der Waals surface area contributed by atoms with Crippen LogP contribution < -0.4 is 5.73 Å². The lowest BCUT2D eigenvalue weighted by Crippen LogP contribution is -1.99. The molecule has 0 bridgehead atoms. The summed E-state index contributed by atoms with van der Waals surface area (Å²) in [5.74, 6) is 0. The van der Waals surface area contributed by atoms with Gasteiger partial charge in [-0.1, -0.05) is 12.1 Å². The van der Waals surface area contributed by atoms with Crippen molar-refractivity contribution in [2.75, 3.05) is 0 Å². The maximum atomic E-state index is 10.3. The summed E-state index contributed by atoms with van der Waals surface area (Å²) in [4.78, 5) is 10.3. The van der Waals surface area contributed by atoms with Crippen LogP contribution in [0.2, 0.25) is 0 Å². The number of hydrogen-bond acceptors (Lipinski definition) is 2. The van der Waals surface area contributed by atoms with Crippen LogP contribution in [-0.4, -0.2) is 6.29 Å². The van der Waals surface area contributed by atoms with Gasteiger partial charge < -0.3 is 5.73 Å². The first-order chi connectivity index (χ1) is 5.27. The summed E-state index contributed by atoms with van der Waals surface area (Å²) >= 11 is 0. The van der Waals surface area contributed by atoms with Crippen molar-refractivity contribution in [1.29, 1.82) is 0 Å². The summed E-state index contributed by atoms with van der Waals surface area (Å²) in [7, 11) is 0. The van der Waals surface area contributed by atoms with Crippen LogP contribution in [0.4, 0.5) is 0 Å². The Hall–Kier alpha value is -1.15. The predicted octanol–water partition coefficient (Wildman–Crippen LogP) is 1.27. The SMILES string of the molecule is Cc1cc(C=O)ccc1CN. The Balaban J connectivity index is 3.09. The van der Waals surface area contributed by atoms with Crippen molar-refractivity contribution in [1.82, 2.24) is 0 Å². The second kappa shape index (κ2) is 3.30. The Morgan fingerprint density at radius 1 is 1.55 bits per heavy atom. The lowest BCUT2D eigenvalue weighted by molar-refractivity contribution is 0.112. The number of benzene rings is 1. The highest BCUT2D eigenvalue weighted by molar-refractivity contribution is 5.75. The van der Waals surface area contributed by atoms with Crippen molar-refractivity contribution in [3.63, 3.8) is 0 Å². The minimum atomic E-state index is 0.533. The average molecular weight is 149 g/mol. The molecule has 1 aromatic carbocycles. The molecule has 0 amide bonds. The van der Waals surface area contributed by atoms with Gasteiger partial charge >= 0.3 is 0 Å². The van der Waals surface area contributed by atoms with Crippen LogP contribution in [0.1, 0.15) is 21.5 Å². The summed E-state index contributed by atoms with van der Waals surface area (Å²) in [6, 6.07) is 5.51. The topological polar surface area (TPSA) is 43.1 Å². The van der Waals surface area contributed by atoms with E-state index in [9.17, 15) is 4.79 Å². The monoisotopic (exact) mass is 149 g/mol. The third-order valence-corrected chi connectivity index (χ3v) is 1.72. The van der Waals surface area contributed by atoms with Gasteiger partial charge in [0, 0.05) is 12.1 Å². The molecule has 0 heterocycles. The second-order valence-corrected chi connectivity index (χ2v) is 2.51. The number of aldehydes is 1. The van der Waals surface area contributed by atoms with Gasteiger partial charge in [0.05, 0.1) is 0 Å². The quantitative estimate of drug-likeness (QED) is 0.643. The van der Waals surface area contributed by atoms with Gasteiger partial charge in [0.1, 0.15) is 6.29 Å². The first-order valence-corrected chi connectivity index (χ1v) is 3.52. The third kappa shape index (κ3) is 1.65. The van der Waals surface area contributed by atoms with E-state index in [1.807, 2.05) is 19.1 Å². The Morgan fingerprint density at radius 2 is 2.27 bits per heavy atom. The van der Waals surface area contributed by atoms with Crippen molar-refractivity contribution >= 4 is 6.29 Å². The minimum absolute atomic E-state index is 0.533. The molecule has 1 aromatic rings. The summed E-state index contributed by atoms with van der Waals surface area (Å²) in [6.07, 6.45) is 0.841. The van der Waals surface area contributed by atoms with Crippen LogP contribution in [0.3, 0.4) is 0 Å². The molecule has 2 nitrogen and oxygen atoms in total. The van der Waals surface area contributed by atoms with Crippen LogP contribution in [-0.2, 0) is 6.54 Å². The number of aryl methyl sites for hydroxylation is 1. The zero-order valence-corrected chi connectivity index (χ0v) is 6.50. The summed E-state index contributed by atoms with van der Waals surface area (Å²) in [5, 5.41) is 0. The number of carbonyl (C=O) groups excluding carboxylic acids is 1. The van der Waals surface area contributed by atoms with E-state index >= 15 is 0 Å². The summed E-state index contributed by atoms with van der Waals surface area (Å²) in [6.45, 7) is 2.49. The molecule has 11 heavy (non-hydrogen) atoms. The maximum absolute atomic E-state index is 10.3. The van der Waals surface area contributed by atoms with E-state index in [0.29, 0.717) is 12.1 Å². The van der Waals surface area contributed by atoms with E-state index in [-0.39, 0.29) is 0 Å². The molecule has 58 valence electrons. The third-order valence-electron chi connectivity index (χ3n) is 1.72. The van der Waals surface area contributed by atoms with Crippen molar-refractivity contribution in [3.05, 3.63) is 34.9 Å². The Labute approximate surface area is 66.0 Å². The van der Waals surface area contributed by atoms with Crippen LogP contribution in [0.15, 0.2) is 18.2 Å². The fourth-order valence-electron chi connectivity index (χ4n) is 1.02. The highest BCUT2D eigenvalue weighted by atomic mass is 16.1. The van der Waals surface area contributed by atoms with Crippen LogP contribution in [0, 0.1) is 6.92 Å². The van der Waals surface area contributed by atoms with Gasteiger partial charge in [-0.3, -0.25) is 4.79 Å². The molecule has 0 aliphatic carbocycles. The largest absolute Gasteiger partial charge is 0.326 e. The molecule has 0 unspecified atom stereocenters. The molecule has 0 saturated carbocycles. The van der Waals surface area contributed by atoms with E-state index in [2.05, 4.69) is 0 Å². The molecule has 0 spiro atoms. The minimum Gasteiger partial charge on any atom is -0.326 e. The molecule has 0 aliphatic rings. The molecule has 0 fully saturated rings. The Morgan fingerprint density at radius 3 is 2.73 bits per heavy atom. The smallest absolute Gasteiger partial charge is 0.150 e. The zero-order valence-electron chi connectivity index (χ0n) is 6.50. The van der Waals surface area contributed by atoms with E-state index < -0.39 is 0 Å². The fourth-order valence-corrected chi connectivity index (χ4v) is 1.02. The predicted molar refractivity (Wildman–Crippen MR) is 44.5 cm³/mol. The van der Waals surface area contributed by atoms with Gasteiger partial charge in [0.15, 0.2) is 0 Å². The van der Waals surface area contributed by atoms with E-state index in [0.717, 1.165) is 17.4 Å². The van der Waals surface area contributed by atoms with Gasteiger partial charge in [-0.2, -0.15) is 0 Å². The Kier molecular flexibility index (Phi) is 2.39. The van der Waals surface area contributed by atoms with Crippen LogP contribution >= 0.6 is 0 Å². The summed E-state index contributed by atoms with van der Waals surface area (Å²) in [5.41, 5.74) is 8.34. The van der Waals surface area contributed by atoms with Gasteiger partial charge in [0.25, 0.3) is 0 Å². The molecule has 0 aliphatic heterocycles. The van der Waals surface area contributed by atoms with Crippen LogP contribution in [0.5, 0.6) is 0 Å². The molecule has 0 saturated heterocycles. The maximum Gasteiger partial charge on any atom is 0.150 e. The van der Waals surface area contributed by atoms with E-state index in [1.54, 1.807) is 6.07 Å². The molecule has 0 radical (unpaired) electrons. The number of nitrogens with two attached hydrogens (primary N) is 1. The molecule has 0 aromatic heterocycles. The second-order valence-electron chi connectivity index (χ2n) is 2.51. The van der Waals surface area contributed by atoms with Gasteiger partial charge in [-0.15, -0.1) is 0 Å². The van der Waals surface area contributed by atoms with E-state index in [1.165, 1.54) is 0 Å². The average Bonchev–Trinajstić information content (AvgIpc) is 2.04. The van der Waals surface area contributed by atoms with Crippen LogP contribution in [0.25, 0.3) is 0 Å². The van der Waals surface area contributed by atoms with E-state index in [4.69, 9.17) is 5.73 Å². The molecular formula is C9H11NO. The van der Waals surface area contributed by atoms with Crippen molar-refractivity contribution < 1.29 is 4.79 Å². The first-order valence-electron chi connectivity index (χ1n) is 3.52. The van der Waals surface area contributed by atoms with Gasteiger partial charge in [0.2, 0.25) is 0 Å². The Bertz CT molecular complexity index is 268. The number of rotatable bonds is 2. The molecule has 0 atom stereocenters. The first kappa shape index (κ1) is 7.95. The lowest BCUT2D eigenvalue weighted by atomic mass is 10.1. The molecule has 2 heteroatoms. The number of carbonyl (C=O) groups is 1. The number of hydrogen-bond donors (Lipinski definition) is 1. The fraction of sp³-hybridized carbons (Fsp3) is 0.222. The van der Waals surface area contributed by atoms with Crippen molar-refractivity contribution in [3.8, 4) is 0 Å². The molecule has 2 N–H and O–H groups in total. The highest BCUT2D eigenvalue weighted by Gasteiger charge is 1.96. The zero-order chi connectivity index (χ0) is 8.27. The van der Waals surface area contributed by atoms with Gasteiger partial charge in [-0.05, 0) is 24.1 Å². The lowest BCUT2D eigenvalue weighted by Gasteiger charge is -2.01. The standard InChI is InChI=1S/C9H11NO/c1-7-4-8(6-11)2-3-9(7)5-10/h2-4,6H,5,10H2,1H3. The molecular weight excluding hydrogens is 138 g/mol. The normalized spacial score (nSPS) is 9.64. The van der Waals surface area contributed by atoms with Crippen molar-refractivity contribution in [2.24, 2.45) is 5.73 Å². The van der Waals surface area contributed by atoms with Gasteiger partial charge in [-0.25, -0.2) is 0 Å².